The standard InChI is InChI=1S/C21H17N5O/c1-14-8-10-15(11-9-14)19-21-23-20(22-13-16-5-4-12-27-16)17-6-2-3-7-18(17)26(21)25-24-19/h2-12H,13H2,1H3,(H,22,23). The lowest BCUT2D eigenvalue weighted by Crippen LogP contribution is -2.04. The topological polar surface area (TPSA) is 68.2 Å². The van der Waals surface area contributed by atoms with E-state index >= 15 is 0 Å². The van der Waals surface area contributed by atoms with Gasteiger partial charge in [-0.3, -0.25) is 0 Å². The third-order valence-electron chi connectivity index (χ3n) is 4.59. The third kappa shape index (κ3) is 2.71. The molecule has 0 bridgehead atoms. The molecule has 2 aromatic carbocycles. The monoisotopic (exact) mass is 355 g/mol. The number of furan rings is 1. The van der Waals surface area contributed by atoms with Crippen molar-refractivity contribution in [2.45, 2.75) is 13.5 Å². The van der Waals surface area contributed by atoms with Crippen LogP contribution in [0.4, 0.5) is 5.82 Å². The zero-order valence-corrected chi connectivity index (χ0v) is 14.8. The average Bonchev–Trinajstić information content (AvgIpc) is 3.37. The van der Waals surface area contributed by atoms with Crippen LogP contribution in [0.15, 0.2) is 71.3 Å². The highest BCUT2D eigenvalue weighted by Crippen LogP contribution is 2.28. The van der Waals surface area contributed by atoms with Gasteiger partial charge in [0.25, 0.3) is 0 Å². The summed E-state index contributed by atoms with van der Waals surface area (Å²) in [6.07, 6.45) is 1.67. The molecule has 0 amide bonds. The molecule has 0 atom stereocenters. The molecule has 0 aliphatic rings. The molecule has 27 heavy (non-hydrogen) atoms. The van der Waals surface area contributed by atoms with Gasteiger partial charge in [-0.2, -0.15) is 4.52 Å². The smallest absolute Gasteiger partial charge is 0.186 e. The molecule has 1 N–H and O–H groups in total. The van der Waals surface area contributed by atoms with E-state index in [9.17, 15) is 0 Å². The first-order valence-corrected chi connectivity index (χ1v) is 8.77. The Bertz CT molecular complexity index is 1220. The van der Waals surface area contributed by atoms with Crippen molar-refractivity contribution >= 4 is 22.4 Å². The number of benzene rings is 2. The molecule has 6 nitrogen and oxygen atoms in total. The normalized spacial score (nSPS) is 11.3. The van der Waals surface area contributed by atoms with Crippen LogP contribution in [0, 0.1) is 6.92 Å². The first kappa shape index (κ1) is 15.6. The highest BCUT2D eigenvalue weighted by atomic mass is 16.3. The molecule has 0 unspecified atom stereocenters. The Kier molecular flexibility index (Phi) is 3.60. The minimum absolute atomic E-state index is 0.557. The Morgan fingerprint density at radius 1 is 1.00 bits per heavy atom. The predicted octanol–water partition coefficient (Wildman–Crippen LogP) is 4.46. The second-order valence-corrected chi connectivity index (χ2v) is 6.45. The van der Waals surface area contributed by atoms with Gasteiger partial charge in [-0.05, 0) is 31.2 Å². The summed E-state index contributed by atoms with van der Waals surface area (Å²) in [4.78, 5) is 4.85. The quantitative estimate of drug-likeness (QED) is 0.515. The highest BCUT2D eigenvalue weighted by Gasteiger charge is 2.15. The highest BCUT2D eigenvalue weighted by molar-refractivity contribution is 5.93. The van der Waals surface area contributed by atoms with Gasteiger partial charge >= 0.3 is 0 Å². The summed E-state index contributed by atoms with van der Waals surface area (Å²) in [6, 6.07) is 20.1. The van der Waals surface area contributed by atoms with E-state index in [1.54, 1.807) is 10.8 Å². The van der Waals surface area contributed by atoms with Crippen LogP contribution in [0.1, 0.15) is 11.3 Å². The number of nitrogens with one attached hydrogen (secondary N) is 1. The fourth-order valence-electron chi connectivity index (χ4n) is 3.18. The summed E-state index contributed by atoms with van der Waals surface area (Å²) < 4.78 is 7.22. The molecule has 132 valence electrons. The molecular formula is C21H17N5O. The molecule has 3 heterocycles. The Labute approximate surface area is 155 Å². The van der Waals surface area contributed by atoms with Gasteiger partial charge in [-0.15, -0.1) is 5.10 Å². The van der Waals surface area contributed by atoms with Crippen molar-refractivity contribution in [1.29, 1.82) is 0 Å². The fourth-order valence-corrected chi connectivity index (χ4v) is 3.18. The summed E-state index contributed by atoms with van der Waals surface area (Å²) >= 11 is 0. The van der Waals surface area contributed by atoms with Crippen LogP contribution >= 0.6 is 0 Å². The summed E-state index contributed by atoms with van der Waals surface area (Å²) in [7, 11) is 0. The Hall–Kier alpha value is -3.67. The number of anilines is 1. The summed E-state index contributed by atoms with van der Waals surface area (Å²) in [6.45, 7) is 2.62. The van der Waals surface area contributed by atoms with Crippen molar-refractivity contribution in [3.05, 3.63) is 78.3 Å². The maximum atomic E-state index is 5.42. The number of hydrogen-bond donors (Lipinski definition) is 1. The molecular weight excluding hydrogens is 338 g/mol. The third-order valence-corrected chi connectivity index (χ3v) is 4.59. The van der Waals surface area contributed by atoms with Gasteiger partial charge in [-0.1, -0.05) is 47.2 Å². The van der Waals surface area contributed by atoms with E-state index in [2.05, 4.69) is 34.7 Å². The second kappa shape index (κ2) is 6.25. The predicted molar refractivity (Wildman–Crippen MR) is 104 cm³/mol. The second-order valence-electron chi connectivity index (χ2n) is 6.45. The van der Waals surface area contributed by atoms with Crippen molar-refractivity contribution in [2.24, 2.45) is 0 Å². The van der Waals surface area contributed by atoms with Crippen molar-refractivity contribution in [1.82, 2.24) is 19.8 Å². The van der Waals surface area contributed by atoms with Crippen molar-refractivity contribution < 1.29 is 4.42 Å². The molecule has 0 aliphatic carbocycles. The van der Waals surface area contributed by atoms with E-state index in [1.807, 2.05) is 48.5 Å². The van der Waals surface area contributed by atoms with E-state index in [1.165, 1.54) is 5.56 Å². The Morgan fingerprint density at radius 2 is 1.85 bits per heavy atom. The molecule has 0 saturated heterocycles. The largest absolute Gasteiger partial charge is 0.467 e. The Morgan fingerprint density at radius 3 is 2.67 bits per heavy atom. The molecule has 0 aliphatic heterocycles. The van der Waals surface area contributed by atoms with Crippen molar-refractivity contribution in [3.8, 4) is 11.3 Å². The van der Waals surface area contributed by atoms with Crippen LogP contribution in [0.2, 0.25) is 0 Å². The van der Waals surface area contributed by atoms with E-state index in [4.69, 9.17) is 9.40 Å². The lowest BCUT2D eigenvalue weighted by molar-refractivity contribution is 0.518. The minimum atomic E-state index is 0.557. The van der Waals surface area contributed by atoms with Gasteiger partial charge < -0.3 is 9.73 Å². The van der Waals surface area contributed by atoms with Crippen LogP contribution in [-0.4, -0.2) is 19.8 Å². The van der Waals surface area contributed by atoms with Crippen LogP contribution in [0.3, 0.4) is 0 Å². The van der Waals surface area contributed by atoms with Crippen LogP contribution in [-0.2, 0) is 6.54 Å². The molecule has 6 heteroatoms. The van der Waals surface area contributed by atoms with Gasteiger partial charge in [0.05, 0.1) is 18.3 Å². The van der Waals surface area contributed by atoms with Crippen molar-refractivity contribution in [2.75, 3.05) is 5.32 Å². The first-order valence-electron chi connectivity index (χ1n) is 8.77. The van der Waals surface area contributed by atoms with Gasteiger partial charge in [0.2, 0.25) is 0 Å². The van der Waals surface area contributed by atoms with Gasteiger partial charge in [0.15, 0.2) is 5.65 Å². The maximum Gasteiger partial charge on any atom is 0.186 e. The van der Waals surface area contributed by atoms with E-state index in [-0.39, 0.29) is 0 Å². The van der Waals surface area contributed by atoms with E-state index < -0.39 is 0 Å². The lowest BCUT2D eigenvalue weighted by atomic mass is 10.1. The zero-order valence-electron chi connectivity index (χ0n) is 14.8. The first-order chi connectivity index (χ1) is 13.3. The van der Waals surface area contributed by atoms with Crippen molar-refractivity contribution in [3.63, 3.8) is 0 Å². The number of fused-ring (bicyclic) bond motifs is 3. The number of rotatable bonds is 4. The molecule has 0 fully saturated rings. The van der Waals surface area contributed by atoms with E-state index in [0.29, 0.717) is 6.54 Å². The molecule has 5 aromatic rings. The number of para-hydroxylation sites is 1. The molecule has 5 rings (SSSR count). The molecule has 0 saturated carbocycles. The number of nitrogens with zero attached hydrogens (tertiary/aromatic N) is 4. The van der Waals surface area contributed by atoms with Gasteiger partial charge in [-0.25, -0.2) is 4.98 Å². The number of aryl methyl sites for hydroxylation is 1. The van der Waals surface area contributed by atoms with Gasteiger partial charge in [0.1, 0.15) is 17.3 Å². The number of hydrogen-bond acceptors (Lipinski definition) is 5. The fraction of sp³-hybridized carbons (Fsp3) is 0.0952. The molecule has 0 spiro atoms. The maximum absolute atomic E-state index is 5.42. The zero-order chi connectivity index (χ0) is 18.2. The minimum Gasteiger partial charge on any atom is -0.467 e. The van der Waals surface area contributed by atoms with Crippen LogP contribution < -0.4 is 5.32 Å². The SMILES string of the molecule is Cc1ccc(-c2nnn3c2nc(NCc2ccco2)c2ccccc23)cc1. The van der Waals surface area contributed by atoms with Crippen LogP contribution in [0.5, 0.6) is 0 Å². The summed E-state index contributed by atoms with van der Waals surface area (Å²) in [5.74, 6) is 1.64. The summed E-state index contributed by atoms with van der Waals surface area (Å²) in [5, 5.41) is 13.1. The number of aromatic nitrogens is 4. The summed E-state index contributed by atoms with van der Waals surface area (Å²) in [5.41, 5.74) is 4.64. The molecule has 3 aromatic heterocycles. The Balaban J connectivity index is 1.68. The van der Waals surface area contributed by atoms with Crippen LogP contribution in [0.25, 0.3) is 27.8 Å². The lowest BCUT2D eigenvalue weighted by Gasteiger charge is -2.09. The molecule has 0 radical (unpaired) electrons. The van der Waals surface area contributed by atoms with E-state index in [0.717, 1.165) is 39.4 Å². The average molecular weight is 355 g/mol. The van der Waals surface area contributed by atoms with Gasteiger partial charge in [0, 0.05) is 10.9 Å².